The summed E-state index contributed by atoms with van der Waals surface area (Å²) in [4.78, 5) is 0. The van der Waals surface area contributed by atoms with E-state index in [0.717, 1.165) is 5.75 Å². The number of ether oxygens (including phenoxy) is 1. The molecular weight excluding hydrogens is 208 g/mol. The minimum Gasteiger partial charge on any atom is -0.489 e. The van der Waals surface area contributed by atoms with Crippen molar-refractivity contribution >= 4 is 10.8 Å². The van der Waals surface area contributed by atoms with Crippen LogP contribution in [0.15, 0.2) is 36.4 Å². The molecule has 0 saturated heterocycles. The molecule has 0 radical (unpaired) electrons. The monoisotopic (exact) mass is 224 g/mol. The zero-order valence-corrected chi connectivity index (χ0v) is 9.86. The average molecular weight is 224 g/mol. The number of hydrogen-bond acceptors (Lipinski definition) is 1. The fraction of sp³-hybridized carbons (Fsp3) is 0.375. The minimum absolute atomic E-state index is 0.449. The lowest BCUT2D eigenvalue weighted by atomic mass is 9.81. The third kappa shape index (κ3) is 1.32. The largest absolute Gasteiger partial charge is 0.489 e. The first-order valence-corrected chi connectivity index (χ1v) is 6.62. The third-order valence-corrected chi connectivity index (χ3v) is 4.28. The Kier molecular flexibility index (Phi) is 1.96. The first-order chi connectivity index (χ1) is 8.43. The minimum atomic E-state index is 0.449. The zero-order chi connectivity index (χ0) is 11.2. The lowest BCUT2D eigenvalue weighted by Crippen LogP contribution is -2.22. The summed E-state index contributed by atoms with van der Waals surface area (Å²) < 4.78 is 6.12. The molecule has 1 heteroatoms. The van der Waals surface area contributed by atoms with E-state index < -0.39 is 0 Å². The van der Waals surface area contributed by atoms with Crippen molar-refractivity contribution in [3.63, 3.8) is 0 Å². The van der Waals surface area contributed by atoms with Crippen molar-refractivity contribution in [2.75, 3.05) is 0 Å². The Balaban J connectivity index is 1.96. The van der Waals surface area contributed by atoms with Crippen LogP contribution in [-0.2, 0) is 0 Å². The second-order valence-electron chi connectivity index (χ2n) is 5.25. The SMILES string of the molecule is c1ccc2c3c(ccc2c1)O[C@H]1CCCC[C@@H]31. The maximum atomic E-state index is 6.12. The van der Waals surface area contributed by atoms with Crippen LogP contribution in [0.3, 0.4) is 0 Å². The summed E-state index contributed by atoms with van der Waals surface area (Å²) in [5.41, 5.74) is 1.48. The maximum Gasteiger partial charge on any atom is 0.124 e. The molecule has 1 heterocycles. The Morgan fingerprint density at radius 1 is 0.941 bits per heavy atom. The van der Waals surface area contributed by atoms with Crippen LogP contribution in [0.2, 0.25) is 0 Å². The van der Waals surface area contributed by atoms with E-state index in [1.165, 1.54) is 42.0 Å². The van der Waals surface area contributed by atoms with Gasteiger partial charge in [-0.2, -0.15) is 0 Å². The summed E-state index contributed by atoms with van der Waals surface area (Å²) >= 11 is 0. The van der Waals surface area contributed by atoms with E-state index in [-0.39, 0.29) is 0 Å². The molecule has 1 aliphatic carbocycles. The average Bonchev–Trinajstić information content (AvgIpc) is 2.77. The summed E-state index contributed by atoms with van der Waals surface area (Å²) in [7, 11) is 0. The quantitative estimate of drug-likeness (QED) is 0.649. The third-order valence-electron chi connectivity index (χ3n) is 4.28. The molecule has 2 atom stereocenters. The molecule has 2 aromatic rings. The zero-order valence-electron chi connectivity index (χ0n) is 9.86. The van der Waals surface area contributed by atoms with Gasteiger partial charge in [-0.3, -0.25) is 0 Å². The summed E-state index contributed by atoms with van der Waals surface area (Å²) in [5.74, 6) is 1.78. The van der Waals surface area contributed by atoms with Gasteiger partial charge in [0.25, 0.3) is 0 Å². The van der Waals surface area contributed by atoms with Crippen molar-refractivity contribution < 1.29 is 4.74 Å². The van der Waals surface area contributed by atoms with Crippen molar-refractivity contribution in [3.8, 4) is 5.75 Å². The molecule has 0 aromatic heterocycles. The van der Waals surface area contributed by atoms with E-state index in [9.17, 15) is 0 Å². The van der Waals surface area contributed by atoms with E-state index in [0.29, 0.717) is 12.0 Å². The topological polar surface area (TPSA) is 9.23 Å². The predicted molar refractivity (Wildman–Crippen MR) is 69.6 cm³/mol. The van der Waals surface area contributed by atoms with E-state index in [4.69, 9.17) is 4.74 Å². The number of hydrogen-bond donors (Lipinski definition) is 0. The van der Waals surface area contributed by atoms with Gasteiger partial charge in [-0.25, -0.2) is 0 Å². The molecular formula is C16H16O. The first-order valence-electron chi connectivity index (χ1n) is 6.62. The van der Waals surface area contributed by atoms with E-state index in [2.05, 4.69) is 36.4 Å². The fourth-order valence-corrected chi connectivity index (χ4v) is 3.49. The Morgan fingerprint density at radius 2 is 1.82 bits per heavy atom. The number of benzene rings is 2. The Labute approximate surface area is 101 Å². The lowest BCUT2D eigenvalue weighted by Gasteiger charge is -2.24. The van der Waals surface area contributed by atoms with Crippen LogP contribution in [0.1, 0.15) is 37.2 Å². The van der Waals surface area contributed by atoms with Crippen molar-refractivity contribution in [3.05, 3.63) is 42.0 Å². The van der Waals surface area contributed by atoms with Crippen LogP contribution < -0.4 is 4.74 Å². The maximum absolute atomic E-state index is 6.12. The van der Waals surface area contributed by atoms with Gasteiger partial charge in [-0.05, 0) is 36.1 Å². The molecule has 17 heavy (non-hydrogen) atoms. The second-order valence-corrected chi connectivity index (χ2v) is 5.25. The molecule has 1 fully saturated rings. The molecule has 0 N–H and O–H groups in total. The Bertz CT molecular complexity index is 573. The normalized spacial score (nSPS) is 26.4. The lowest BCUT2D eigenvalue weighted by molar-refractivity contribution is 0.164. The highest BCUT2D eigenvalue weighted by atomic mass is 16.5. The van der Waals surface area contributed by atoms with Gasteiger partial charge in [-0.15, -0.1) is 0 Å². The molecule has 0 amide bonds. The number of fused-ring (bicyclic) bond motifs is 5. The van der Waals surface area contributed by atoms with Gasteiger partial charge in [-0.1, -0.05) is 36.8 Å². The van der Waals surface area contributed by atoms with Gasteiger partial charge in [0.1, 0.15) is 11.9 Å². The molecule has 2 aromatic carbocycles. The molecule has 0 unspecified atom stereocenters. The fourth-order valence-electron chi connectivity index (χ4n) is 3.49. The van der Waals surface area contributed by atoms with Crippen LogP contribution in [0.4, 0.5) is 0 Å². The van der Waals surface area contributed by atoms with Crippen LogP contribution in [0.5, 0.6) is 5.75 Å². The number of rotatable bonds is 0. The highest BCUT2D eigenvalue weighted by Crippen LogP contribution is 2.48. The molecule has 86 valence electrons. The summed E-state index contributed by atoms with van der Waals surface area (Å²) in [5, 5.41) is 2.75. The van der Waals surface area contributed by atoms with E-state index in [1.54, 1.807) is 0 Å². The molecule has 0 bridgehead atoms. The molecule has 4 rings (SSSR count). The second kappa shape index (κ2) is 3.49. The Hall–Kier alpha value is -1.50. The van der Waals surface area contributed by atoms with Gasteiger partial charge >= 0.3 is 0 Å². The van der Waals surface area contributed by atoms with Crippen LogP contribution >= 0.6 is 0 Å². The smallest absolute Gasteiger partial charge is 0.124 e. The van der Waals surface area contributed by atoms with Gasteiger partial charge in [0.15, 0.2) is 0 Å². The van der Waals surface area contributed by atoms with Crippen LogP contribution in [0, 0.1) is 0 Å². The molecule has 1 aliphatic heterocycles. The van der Waals surface area contributed by atoms with Gasteiger partial charge in [0.2, 0.25) is 0 Å². The molecule has 2 aliphatic rings. The predicted octanol–water partition coefficient (Wildman–Crippen LogP) is 4.26. The van der Waals surface area contributed by atoms with Gasteiger partial charge in [0.05, 0.1) is 0 Å². The van der Waals surface area contributed by atoms with Gasteiger partial charge in [0, 0.05) is 11.5 Å². The van der Waals surface area contributed by atoms with Crippen molar-refractivity contribution in [2.45, 2.75) is 37.7 Å². The summed E-state index contributed by atoms with van der Waals surface area (Å²) in [6, 6.07) is 13.0. The van der Waals surface area contributed by atoms with Crippen LogP contribution in [-0.4, -0.2) is 6.10 Å². The van der Waals surface area contributed by atoms with Crippen molar-refractivity contribution in [1.29, 1.82) is 0 Å². The highest BCUT2D eigenvalue weighted by Gasteiger charge is 2.36. The van der Waals surface area contributed by atoms with Crippen LogP contribution in [0.25, 0.3) is 10.8 Å². The summed E-state index contributed by atoms with van der Waals surface area (Å²) in [6.45, 7) is 0. The van der Waals surface area contributed by atoms with E-state index in [1.807, 2.05) is 0 Å². The highest BCUT2D eigenvalue weighted by molar-refractivity contribution is 5.89. The Morgan fingerprint density at radius 3 is 2.82 bits per heavy atom. The molecule has 1 saturated carbocycles. The standard InChI is InChI=1S/C16H16O/c1-2-6-12-11(5-1)9-10-15-16(12)13-7-3-4-8-14(13)17-15/h1-2,5-6,9-10,13-14H,3-4,7-8H2/t13-,14+/m1/s1. The molecule has 0 spiro atoms. The van der Waals surface area contributed by atoms with Gasteiger partial charge < -0.3 is 4.74 Å². The van der Waals surface area contributed by atoms with Crippen molar-refractivity contribution in [1.82, 2.24) is 0 Å². The summed E-state index contributed by atoms with van der Waals surface area (Å²) in [6.07, 6.45) is 5.66. The van der Waals surface area contributed by atoms with Crippen molar-refractivity contribution in [2.24, 2.45) is 0 Å². The molecule has 1 nitrogen and oxygen atoms in total. The van der Waals surface area contributed by atoms with E-state index >= 15 is 0 Å². The first kappa shape index (κ1) is 9.52.